The minimum atomic E-state index is -4.45. The molecule has 1 heterocycles. The van der Waals surface area contributed by atoms with Gasteiger partial charge in [-0.3, -0.25) is 4.98 Å². The number of aryl methyl sites for hydroxylation is 1. The Balaban J connectivity index is 3.08. The highest BCUT2D eigenvalue weighted by Crippen LogP contribution is 2.31. The van der Waals surface area contributed by atoms with Gasteiger partial charge in [-0.2, -0.15) is 13.2 Å². The van der Waals surface area contributed by atoms with Gasteiger partial charge in [-0.25, -0.2) is 0 Å². The van der Waals surface area contributed by atoms with Gasteiger partial charge >= 0.3 is 6.18 Å². The third kappa shape index (κ3) is 2.45. The maximum absolute atomic E-state index is 12.2. The number of alkyl halides is 3. The molecule has 1 rings (SSSR count). The lowest BCUT2D eigenvalue weighted by atomic mass is 10.1. The Morgan fingerprint density at radius 1 is 1.50 bits per heavy atom. The van der Waals surface area contributed by atoms with Crippen molar-refractivity contribution >= 4 is 15.9 Å². The standard InChI is InChI=1S/C8H8BrF3N2/c1-4-2-5(9)3-14-6(4)7(13)8(10,11)12/h2-3,7H,13H2,1H3. The Labute approximate surface area is 87.4 Å². The Bertz CT molecular complexity index is 338. The maximum atomic E-state index is 12.2. The molecule has 1 atom stereocenters. The third-order valence-electron chi connectivity index (χ3n) is 1.73. The summed E-state index contributed by atoms with van der Waals surface area (Å²) in [6.45, 7) is 1.54. The molecule has 0 radical (unpaired) electrons. The van der Waals surface area contributed by atoms with Gasteiger partial charge in [-0.1, -0.05) is 0 Å². The number of pyridine rings is 1. The second-order valence-electron chi connectivity index (χ2n) is 2.87. The summed E-state index contributed by atoms with van der Waals surface area (Å²) in [6.07, 6.45) is -3.15. The van der Waals surface area contributed by atoms with E-state index in [4.69, 9.17) is 5.73 Å². The van der Waals surface area contributed by atoms with Crippen LogP contribution in [0.15, 0.2) is 16.7 Å². The minimum Gasteiger partial charge on any atom is -0.315 e. The molecule has 0 spiro atoms. The average molecular weight is 269 g/mol. The van der Waals surface area contributed by atoms with E-state index in [2.05, 4.69) is 20.9 Å². The summed E-state index contributed by atoms with van der Waals surface area (Å²) in [5, 5.41) is 0. The van der Waals surface area contributed by atoms with Gasteiger partial charge in [-0.05, 0) is 34.5 Å². The number of hydrogen-bond donors (Lipinski definition) is 1. The summed E-state index contributed by atoms with van der Waals surface area (Å²) in [6, 6.07) is -0.468. The molecule has 0 saturated heterocycles. The molecule has 0 aliphatic rings. The van der Waals surface area contributed by atoms with E-state index in [9.17, 15) is 13.2 Å². The summed E-state index contributed by atoms with van der Waals surface area (Å²) in [5.74, 6) is 0. The van der Waals surface area contributed by atoms with Crippen LogP contribution in [0.4, 0.5) is 13.2 Å². The van der Waals surface area contributed by atoms with Crippen molar-refractivity contribution in [2.24, 2.45) is 5.73 Å². The van der Waals surface area contributed by atoms with E-state index in [-0.39, 0.29) is 5.69 Å². The Morgan fingerprint density at radius 3 is 2.50 bits per heavy atom. The first-order valence-electron chi connectivity index (χ1n) is 3.76. The molecule has 6 heteroatoms. The number of aromatic nitrogens is 1. The molecule has 2 N–H and O–H groups in total. The van der Waals surface area contributed by atoms with Crippen molar-refractivity contribution in [1.29, 1.82) is 0 Å². The average Bonchev–Trinajstić information content (AvgIpc) is 2.01. The van der Waals surface area contributed by atoms with Crippen LogP contribution in [-0.4, -0.2) is 11.2 Å². The quantitative estimate of drug-likeness (QED) is 0.851. The molecule has 78 valence electrons. The molecule has 0 amide bonds. The van der Waals surface area contributed by atoms with E-state index in [1.54, 1.807) is 13.0 Å². The highest BCUT2D eigenvalue weighted by molar-refractivity contribution is 9.10. The van der Waals surface area contributed by atoms with Crippen molar-refractivity contribution in [2.45, 2.75) is 19.1 Å². The molecule has 0 aliphatic carbocycles. The molecule has 2 nitrogen and oxygen atoms in total. The monoisotopic (exact) mass is 268 g/mol. The first kappa shape index (κ1) is 11.5. The van der Waals surface area contributed by atoms with Crippen molar-refractivity contribution < 1.29 is 13.2 Å². The lowest BCUT2D eigenvalue weighted by Crippen LogP contribution is -2.30. The van der Waals surface area contributed by atoms with E-state index in [1.807, 2.05) is 0 Å². The van der Waals surface area contributed by atoms with Crippen LogP contribution < -0.4 is 5.73 Å². The van der Waals surface area contributed by atoms with E-state index >= 15 is 0 Å². The van der Waals surface area contributed by atoms with Crippen molar-refractivity contribution in [3.8, 4) is 0 Å². The minimum absolute atomic E-state index is 0.138. The fraction of sp³-hybridized carbons (Fsp3) is 0.375. The lowest BCUT2D eigenvalue weighted by Gasteiger charge is -2.16. The molecule has 0 bridgehead atoms. The van der Waals surface area contributed by atoms with Gasteiger partial charge in [0, 0.05) is 10.7 Å². The van der Waals surface area contributed by atoms with E-state index in [1.165, 1.54) is 6.20 Å². The molecule has 0 aliphatic heterocycles. The van der Waals surface area contributed by atoms with Gasteiger partial charge in [-0.15, -0.1) is 0 Å². The molecule has 0 saturated carbocycles. The van der Waals surface area contributed by atoms with Gasteiger partial charge in [0.05, 0.1) is 5.69 Å². The molecular formula is C8H8BrF3N2. The van der Waals surface area contributed by atoms with Crippen LogP contribution in [0.25, 0.3) is 0 Å². The Hall–Kier alpha value is -0.620. The first-order valence-corrected chi connectivity index (χ1v) is 4.56. The number of nitrogens with zero attached hydrogens (tertiary/aromatic N) is 1. The number of halogens is 4. The first-order chi connectivity index (χ1) is 6.32. The van der Waals surface area contributed by atoms with Crippen molar-refractivity contribution in [3.05, 3.63) is 28.0 Å². The molecule has 1 aromatic heterocycles. The topological polar surface area (TPSA) is 38.9 Å². The van der Waals surface area contributed by atoms with Crippen LogP contribution in [0, 0.1) is 6.92 Å². The second kappa shape index (κ2) is 3.86. The van der Waals surface area contributed by atoms with E-state index in [0.29, 0.717) is 10.0 Å². The molecule has 1 aromatic rings. The number of rotatable bonds is 1. The number of hydrogen-bond acceptors (Lipinski definition) is 2. The van der Waals surface area contributed by atoms with Crippen LogP contribution in [0.3, 0.4) is 0 Å². The SMILES string of the molecule is Cc1cc(Br)cnc1C(N)C(F)(F)F. The summed E-state index contributed by atoms with van der Waals surface area (Å²) in [5.41, 5.74) is 5.30. The highest BCUT2D eigenvalue weighted by atomic mass is 79.9. The third-order valence-corrected chi connectivity index (χ3v) is 2.17. The molecular weight excluding hydrogens is 261 g/mol. The summed E-state index contributed by atoms with van der Waals surface area (Å²) in [7, 11) is 0. The summed E-state index contributed by atoms with van der Waals surface area (Å²) < 4.78 is 37.3. The maximum Gasteiger partial charge on any atom is 0.409 e. The molecule has 0 aromatic carbocycles. The van der Waals surface area contributed by atoms with E-state index < -0.39 is 12.2 Å². The smallest absolute Gasteiger partial charge is 0.315 e. The van der Waals surface area contributed by atoms with E-state index in [0.717, 1.165) is 0 Å². The Kier molecular flexibility index (Phi) is 3.16. The van der Waals surface area contributed by atoms with Crippen molar-refractivity contribution in [2.75, 3.05) is 0 Å². The fourth-order valence-electron chi connectivity index (χ4n) is 1.03. The Morgan fingerprint density at radius 2 is 2.07 bits per heavy atom. The lowest BCUT2D eigenvalue weighted by molar-refractivity contribution is -0.150. The zero-order valence-corrected chi connectivity index (χ0v) is 8.85. The van der Waals surface area contributed by atoms with Crippen molar-refractivity contribution in [1.82, 2.24) is 4.98 Å². The summed E-state index contributed by atoms with van der Waals surface area (Å²) >= 11 is 3.11. The van der Waals surface area contributed by atoms with Gasteiger partial charge in [0.25, 0.3) is 0 Å². The highest BCUT2D eigenvalue weighted by Gasteiger charge is 2.39. The zero-order valence-electron chi connectivity index (χ0n) is 7.27. The van der Waals surface area contributed by atoms with Crippen LogP contribution in [0.1, 0.15) is 17.3 Å². The predicted octanol–water partition coefficient (Wildman–Crippen LogP) is 2.71. The summed E-state index contributed by atoms with van der Waals surface area (Å²) in [4.78, 5) is 3.65. The van der Waals surface area contributed by atoms with Crippen molar-refractivity contribution in [3.63, 3.8) is 0 Å². The predicted molar refractivity (Wildman–Crippen MR) is 49.7 cm³/mol. The largest absolute Gasteiger partial charge is 0.409 e. The molecule has 1 unspecified atom stereocenters. The second-order valence-corrected chi connectivity index (χ2v) is 3.79. The van der Waals surface area contributed by atoms with Crippen LogP contribution in [0.5, 0.6) is 0 Å². The van der Waals surface area contributed by atoms with Gasteiger partial charge in [0.2, 0.25) is 0 Å². The number of nitrogens with two attached hydrogens (primary N) is 1. The fourth-order valence-corrected chi connectivity index (χ4v) is 1.48. The molecule has 0 fully saturated rings. The van der Waals surface area contributed by atoms with Gasteiger partial charge in [0.1, 0.15) is 6.04 Å². The zero-order chi connectivity index (χ0) is 10.9. The van der Waals surface area contributed by atoms with Crippen LogP contribution >= 0.6 is 15.9 Å². The van der Waals surface area contributed by atoms with Crippen LogP contribution in [0.2, 0.25) is 0 Å². The van der Waals surface area contributed by atoms with Gasteiger partial charge in [0.15, 0.2) is 0 Å². The van der Waals surface area contributed by atoms with Crippen LogP contribution in [-0.2, 0) is 0 Å². The molecule has 14 heavy (non-hydrogen) atoms. The van der Waals surface area contributed by atoms with Gasteiger partial charge < -0.3 is 5.73 Å². The normalized spacial score (nSPS) is 14.1.